The molecule has 0 atom stereocenters. The number of rotatable bonds is 8. The van der Waals surface area contributed by atoms with E-state index in [1.165, 1.54) is 23.5 Å². The Balaban J connectivity index is 1.61. The van der Waals surface area contributed by atoms with Crippen LogP contribution in [0.3, 0.4) is 0 Å². The van der Waals surface area contributed by atoms with Gasteiger partial charge in [-0.3, -0.25) is 9.48 Å². The van der Waals surface area contributed by atoms with E-state index in [9.17, 15) is 9.18 Å². The van der Waals surface area contributed by atoms with Gasteiger partial charge < -0.3 is 14.8 Å². The number of carbonyl (C=O) groups excluding carboxylic acids is 1. The Bertz CT molecular complexity index is 1250. The van der Waals surface area contributed by atoms with Crippen molar-refractivity contribution < 1.29 is 18.7 Å². The third-order valence-electron chi connectivity index (χ3n) is 4.89. The molecule has 4 rings (SSSR count). The molecule has 0 fully saturated rings. The van der Waals surface area contributed by atoms with E-state index in [1.807, 2.05) is 37.6 Å². The third kappa shape index (κ3) is 4.60. The molecule has 2 aromatic heterocycles. The first-order chi connectivity index (χ1) is 15.5. The summed E-state index contributed by atoms with van der Waals surface area (Å²) in [5.41, 5.74) is 2.33. The molecule has 2 heterocycles. The number of halogens is 1. The fraction of sp³-hybridized carbons (Fsp3) is 0.250. The summed E-state index contributed by atoms with van der Waals surface area (Å²) in [6.07, 6.45) is 0. The Morgan fingerprint density at radius 1 is 1.09 bits per heavy atom. The maximum absolute atomic E-state index is 13.2. The van der Waals surface area contributed by atoms with Gasteiger partial charge in [-0.1, -0.05) is 12.1 Å². The van der Waals surface area contributed by atoms with E-state index >= 15 is 0 Å². The number of nitrogens with zero attached hydrogens (tertiary/aromatic N) is 2. The third-order valence-corrected chi connectivity index (χ3v) is 6.03. The molecule has 8 heteroatoms. The van der Waals surface area contributed by atoms with E-state index in [-0.39, 0.29) is 11.7 Å². The molecule has 0 aliphatic rings. The lowest BCUT2D eigenvalue weighted by molar-refractivity contribution is 0.103. The number of aryl methyl sites for hydroxylation is 1. The minimum Gasteiger partial charge on any atom is -0.494 e. The van der Waals surface area contributed by atoms with Gasteiger partial charge in [0.25, 0.3) is 5.91 Å². The van der Waals surface area contributed by atoms with Gasteiger partial charge in [-0.25, -0.2) is 4.39 Å². The minimum atomic E-state index is -0.273. The van der Waals surface area contributed by atoms with Crippen LogP contribution in [0.1, 0.15) is 34.8 Å². The molecule has 0 bridgehead atoms. The first kappa shape index (κ1) is 21.8. The molecule has 6 nitrogen and oxygen atoms in total. The van der Waals surface area contributed by atoms with Gasteiger partial charge in [0, 0.05) is 11.5 Å². The van der Waals surface area contributed by atoms with Crippen molar-refractivity contribution >= 4 is 33.1 Å². The Labute approximate surface area is 189 Å². The van der Waals surface area contributed by atoms with Gasteiger partial charge in [0.15, 0.2) is 0 Å². The van der Waals surface area contributed by atoms with E-state index in [1.54, 1.807) is 24.3 Å². The van der Waals surface area contributed by atoms with Crippen LogP contribution in [0.2, 0.25) is 0 Å². The second kappa shape index (κ2) is 9.40. The van der Waals surface area contributed by atoms with E-state index in [0.29, 0.717) is 41.8 Å². The van der Waals surface area contributed by atoms with Crippen LogP contribution in [0.15, 0.2) is 48.5 Å². The highest BCUT2D eigenvalue weighted by Gasteiger charge is 2.18. The lowest BCUT2D eigenvalue weighted by atomic mass is 10.2. The van der Waals surface area contributed by atoms with Gasteiger partial charge in [-0.2, -0.15) is 5.10 Å². The van der Waals surface area contributed by atoms with Crippen LogP contribution in [0.25, 0.3) is 10.2 Å². The minimum absolute atomic E-state index is 0.228. The fourth-order valence-electron chi connectivity index (χ4n) is 3.42. The van der Waals surface area contributed by atoms with Gasteiger partial charge in [-0.05, 0) is 56.7 Å². The number of ether oxygens (including phenoxy) is 2. The molecule has 0 aliphatic heterocycles. The van der Waals surface area contributed by atoms with Crippen molar-refractivity contribution in [3.63, 3.8) is 0 Å². The quantitative estimate of drug-likeness (QED) is 0.375. The molecule has 1 N–H and O–H groups in total. The first-order valence-corrected chi connectivity index (χ1v) is 11.2. The SMILES string of the molecule is CCOc1ccc(OCC)c(NC(=O)c2cc3c(C)nn(Cc4ccc(F)cc4)c3s2)c1. The Morgan fingerprint density at radius 3 is 2.56 bits per heavy atom. The van der Waals surface area contributed by atoms with E-state index < -0.39 is 0 Å². The Kier molecular flexibility index (Phi) is 6.41. The highest BCUT2D eigenvalue weighted by atomic mass is 32.1. The van der Waals surface area contributed by atoms with Crippen molar-refractivity contribution in [2.45, 2.75) is 27.3 Å². The lowest BCUT2D eigenvalue weighted by Gasteiger charge is -2.13. The number of thiophene rings is 1. The molecule has 166 valence electrons. The fourth-order valence-corrected chi connectivity index (χ4v) is 4.48. The zero-order valence-electron chi connectivity index (χ0n) is 18.1. The zero-order chi connectivity index (χ0) is 22.7. The Morgan fingerprint density at radius 2 is 1.84 bits per heavy atom. The van der Waals surface area contributed by atoms with Gasteiger partial charge in [-0.15, -0.1) is 11.3 Å². The summed E-state index contributed by atoms with van der Waals surface area (Å²) in [6.45, 7) is 7.22. The summed E-state index contributed by atoms with van der Waals surface area (Å²) >= 11 is 1.37. The number of amides is 1. The van der Waals surface area contributed by atoms with Crippen molar-refractivity contribution in [2.24, 2.45) is 0 Å². The lowest BCUT2D eigenvalue weighted by Crippen LogP contribution is -2.12. The first-order valence-electron chi connectivity index (χ1n) is 10.4. The summed E-state index contributed by atoms with van der Waals surface area (Å²) in [5, 5.41) is 8.46. The number of fused-ring (bicyclic) bond motifs is 1. The summed E-state index contributed by atoms with van der Waals surface area (Å²) in [5.74, 6) is 0.747. The number of benzene rings is 2. The van der Waals surface area contributed by atoms with Crippen molar-refractivity contribution in [3.8, 4) is 11.5 Å². The van der Waals surface area contributed by atoms with Crippen molar-refractivity contribution in [1.82, 2.24) is 9.78 Å². The Hall–Kier alpha value is -3.39. The molecule has 2 aromatic carbocycles. The molecule has 32 heavy (non-hydrogen) atoms. The summed E-state index contributed by atoms with van der Waals surface area (Å²) < 4.78 is 26.3. The largest absolute Gasteiger partial charge is 0.494 e. The topological polar surface area (TPSA) is 65.4 Å². The van der Waals surface area contributed by atoms with Gasteiger partial charge >= 0.3 is 0 Å². The number of hydrogen-bond acceptors (Lipinski definition) is 5. The zero-order valence-corrected chi connectivity index (χ0v) is 19.0. The highest BCUT2D eigenvalue weighted by Crippen LogP contribution is 2.33. The van der Waals surface area contributed by atoms with Gasteiger partial charge in [0.1, 0.15) is 22.1 Å². The van der Waals surface area contributed by atoms with Crippen LogP contribution in [0.5, 0.6) is 11.5 Å². The standard InChI is InChI=1S/C24H24FN3O3S/c1-4-30-18-10-11-21(31-5-2)20(12-18)26-23(29)22-13-19-15(3)27-28(24(19)32-22)14-16-6-8-17(25)9-7-16/h6-13H,4-5,14H2,1-3H3,(H,26,29). The smallest absolute Gasteiger partial charge is 0.265 e. The summed E-state index contributed by atoms with van der Waals surface area (Å²) in [7, 11) is 0. The van der Waals surface area contributed by atoms with Crippen molar-refractivity contribution in [2.75, 3.05) is 18.5 Å². The molecule has 0 spiro atoms. The second-order valence-electron chi connectivity index (χ2n) is 7.18. The van der Waals surface area contributed by atoms with Crippen LogP contribution in [0, 0.1) is 12.7 Å². The van der Waals surface area contributed by atoms with E-state index in [2.05, 4.69) is 10.4 Å². The number of carbonyl (C=O) groups is 1. The van der Waals surface area contributed by atoms with Crippen LogP contribution in [-0.2, 0) is 6.54 Å². The predicted molar refractivity (Wildman–Crippen MR) is 125 cm³/mol. The van der Waals surface area contributed by atoms with Crippen LogP contribution >= 0.6 is 11.3 Å². The van der Waals surface area contributed by atoms with Gasteiger partial charge in [0.2, 0.25) is 0 Å². The van der Waals surface area contributed by atoms with Crippen molar-refractivity contribution in [1.29, 1.82) is 0 Å². The maximum atomic E-state index is 13.2. The molecule has 0 aliphatic carbocycles. The molecule has 0 unspecified atom stereocenters. The average molecular weight is 454 g/mol. The van der Waals surface area contributed by atoms with Gasteiger partial charge in [0.05, 0.1) is 36.0 Å². The number of aromatic nitrogens is 2. The molecule has 0 saturated heterocycles. The van der Waals surface area contributed by atoms with E-state index in [4.69, 9.17) is 9.47 Å². The van der Waals surface area contributed by atoms with Crippen LogP contribution in [0.4, 0.5) is 10.1 Å². The predicted octanol–water partition coefficient (Wildman–Crippen LogP) is 5.64. The molecular formula is C24H24FN3O3S. The number of nitrogens with one attached hydrogen (secondary N) is 1. The van der Waals surface area contributed by atoms with Crippen LogP contribution in [-0.4, -0.2) is 28.9 Å². The van der Waals surface area contributed by atoms with Crippen molar-refractivity contribution in [3.05, 3.63) is 70.5 Å². The monoisotopic (exact) mass is 453 g/mol. The van der Waals surface area contributed by atoms with E-state index in [0.717, 1.165) is 21.5 Å². The molecule has 4 aromatic rings. The number of anilines is 1. The highest BCUT2D eigenvalue weighted by molar-refractivity contribution is 7.20. The number of hydrogen-bond donors (Lipinski definition) is 1. The second-order valence-corrected chi connectivity index (χ2v) is 8.21. The molecular weight excluding hydrogens is 429 g/mol. The molecule has 0 radical (unpaired) electrons. The summed E-state index contributed by atoms with van der Waals surface area (Å²) in [4.78, 5) is 14.5. The summed E-state index contributed by atoms with van der Waals surface area (Å²) in [6, 6.07) is 13.6. The normalized spacial score (nSPS) is 11.0. The van der Waals surface area contributed by atoms with Crippen LogP contribution < -0.4 is 14.8 Å². The maximum Gasteiger partial charge on any atom is 0.265 e. The molecule has 1 amide bonds. The molecule has 0 saturated carbocycles. The average Bonchev–Trinajstić information content (AvgIpc) is 3.33.